The minimum atomic E-state index is -3.21. The molecule has 0 aliphatic rings. The molecule has 0 bridgehead atoms. The van der Waals surface area contributed by atoms with Crippen LogP contribution in [0.3, 0.4) is 0 Å². The monoisotopic (exact) mass is 386 g/mol. The number of fused-ring (bicyclic) bond motifs is 1. The number of sulfone groups is 1. The van der Waals surface area contributed by atoms with Gasteiger partial charge in [-0.3, -0.25) is 0 Å². The first-order valence-corrected chi connectivity index (χ1v) is 10.6. The Balaban J connectivity index is 1.78. The summed E-state index contributed by atoms with van der Waals surface area (Å²) in [4.78, 5) is 14.2. The number of carbonyl (C=O) groups excluding carboxylic acids is 1. The number of anilines is 1. The van der Waals surface area contributed by atoms with E-state index in [4.69, 9.17) is 4.42 Å². The van der Waals surface area contributed by atoms with Gasteiger partial charge >= 0.3 is 6.03 Å². The number of furan rings is 1. The molecule has 3 aromatic rings. The standard InChI is InChI=1S/C20H22N2O4S/c1-14(19-12-15-8-5-7-11-18(15)26-19)22(2)20(23)21-17-10-6-4-9-16(17)13-27(3,24)25/h4-12,14H,13H2,1-3H3,(H,21,23). The van der Waals surface area contributed by atoms with Gasteiger partial charge in [-0.2, -0.15) is 0 Å². The summed E-state index contributed by atoms with van der Waals surface area (Å²) in [6.45, 7) is 1.87. The van der Waals surface area contributed by atoms with Crippen LogP contribution in [0.25, 0.3) is 11.0 Å². The zero-order chi connectivity index (χ0) is 19.6. The highest BCUT2D eigenvalue weighted by molar-refractivity contribution is 7.89. The van der Waals surface area contributed by atoms with E-state index in [0.29, 0.717) is 17.0 Å². The van der Waals surface area contributed by atoms with Gasteiger partial charge in [0.05, 0.1) is 11.8 Å². The second-order valence-corrected chi connectivity index (χ2v) is 8.77. The van der Waals surface area contributed by atoms with Crippen molar-refractivity contribution in [3.63, 3.8) is 0 Å². The number of para-hydroxylation sites is 2. The highest BCUT2D eigenvalue weighted by atomic mass is 32.2. The first-order valence-electron chi connectivity index (χ1n) is 8.52. The molecule has 0 fully saturated rings. The Morgan fingerprint density at radius 3 is 2.52 bits per heavy atom. The molecule has 1 heterocycles. The lowest BCUT2D eigenvalue weighted by atomic mass is 10.2. The van der Waals surface area contributed by atoms with Crippen molar-refractivity contribution in [3.05, 3.63) is 65.9 Å². The molecule has 0 aliphatic heterocycles. The van der Waals surface area contributed by atoms with E-state index < -0.39 is 9.84 Å². The normalized spacial score (nSPS) is 12.7. The van der Waals surface area contributed by atoms with Crippen LogP contribution in [0, 0.1) is 0 Å². The van der Waals surface area contributed by atoms with Gasteiger partial charge in [-0.1, -0.05) is 36.4 Å². The minimum Gasteiger partial charge on any atom is -0.459 e. The highest BCUT2D eigenvalue weighted by Crippen LogP contribution is 2.27. The van der Waals surface area contributed by atoms with Gasteiger partial charge in [0.25, 0.3) is 0 Å². The molecule has 0 saturated carbocycles. The Morgan fingerprint density at radius 1 is 1.15 bits per heavy atom. The number of amides is 2. The quantitative estimate of drug-likeness (QED) is 0.713. The lowest BCUT2D eigenvalue weighted by Crippen LogP contribution is -2.33. The van der Waals surface area contributed by atoms with Crippen molar-refractivity contribution in [2.45, 2.75) is 18.7 Å². The minimum absolute atomic E-state index is 0.133. The second-order valence-electron chi connectivity index (χ2n) is 6.63. The molecule has 27 heavy (non-hydrogen) atoms. The van der Waals surface area contributed by atoms with Crippen molar-refractivity contribution in [1.82, 2.24) is 4.90 Å². The first-order chi connectivity index (χ1) is 12.7. The van der Waals surface area contributed by atoms with Crippen LogP contribution in [0.15, 0.2) is 59.0 Å². The van der Waals surface area contributed by atoms with Crippen LogP contribution in [0.4, 0.5) is 10.5 Å². The van der Waals surface area contributed by atoms with E-state index in [9.17, 15) is 13.2 Å². The SMILES string of the molecule is CC(c1cc2ccccc2o1)N(C)C(=O)Nc1ccccc1CS(C)(=O)=O. The molecule has 0 saturated heterocycles. The average molecular weight is 386 g/mol. The largest absolute Gasteiger partial charge is 0.459 e. The molecule has 2 amide bonds. The van der Waals surface area contributed by atoms with Gasteiger partial charge in [0, 0.05) is 24.4 Å². The molecular formula is C20H22N2O4S. The lowest BCUT2D eigenvalue weighted by Gasteiger charge is -2.24. The molecular weight excluding hydrogens is 364 g/mol. The Morgan fingerprint density at radius 2 is 1.81 bits per heavy atom. The molecule has 1 atom stereocenters. The Labute approximate surface area is 158 Å². The summed E-state index contributed by atoms with van der Waals surface area (Å²) in [5.74, 6) is 0.546. The third-order valence-electron chi connectivity index (χ3n) is 4.43. The maximum absolute atomic E-state index is 12.7. The fourth-order valence-corrected chi connectivity index (χ4v) is 3.65. The van der Waals surface area contributed by atoms with Crippen molar-refractivity contribution in [2.75, 3.05) is 18.6 Å². The lowest BCUT2D eigenvalue weighted by molar-refractivity contribution is 0.201. The number of nitrogens with zero attached hydrogens (tertiary/aromatic N) is 1. The Kier molecular flexibility index (Phi) is 5.23. The second kappa shape index (κ2) is 7.44. The van der Waals surface area contributed by atoms with Crippen molar-refractivity contribution < 1.29 is 17.6 Å². The summed E-state index contributed by atoms with van der Waals surface area (Å²) < 4.78 is 29.1. The molecule has 142 valence electrons. The van der Waals surface area contributed by atoms with Gasteiger partial charge in [0.15, 0.2) is 9.84 Å². The molecule has 3 rings (SSSR count). The number of nitrogens with one attached hydrogen (secondary N) is 1. The molecule has 1 N–H and O–H groups in total. The van der Waals surface area contributed by atoms with Gasteiger partial charge in [0.1, 0.15) is 11.3 Å². The summed E-state index contributed by atoms with van der Waals surface area (Å²) in [5, 5.41) is 3.78. The van der Waals surface area contributed by atoms with Crippen molar-refractivity contribution in [3.8, 4) is 0 Å². The highest BCUT2D eigenvalue weighted by Gasteiger charge is 2.22. The number of urea groups is 1. The summed E-state index contributed by atoms with van der Waals surface area (Å²) in [5.41, 5.74) is 1.81. The van der Waals surface area contributed by atoms with Crippen LogP contribution < -0.4 is 5.32 Å². The Hall–Kier alpha value is -2.80. The van der Waals surface area contributed by atoms with Crippen LogP contribution in [0.5, 0.6) is 0 Å². The zero-order valence-corrected chi connectivity index (χ0v) is 16.3. The van der Waals surface area contributed by atoms with E-state index in [1.807, 2.05) is 37.3 Å². The summed E-state index contributed by atoms with van der Waals surface area (Å²) in [6, 6.07) is 15.8. The summed E-state index contributed by atoms with van der Waals surface area (Å²) in [6.07, 6.45) is 1.17. The van der Waals surface area contributed by atoms with Gasteiger partial charge in [0.2, 0.25) is 0 Å². The summed E-state index contributed by atoms with van der Waals surface area (Å²) in [7, 11) is -1.54. The number of carbonyl (C=O) groups is 1. The van der Waals surface area contributed by atoms with E-state index >= 15 is 0 Å². The molecule has 1 aromatic heterocycles. The van der Waals surface area contributed by atoms with Crippen LogP contribution >= 0.6 is 0 Å². The predicted octanol–water partition coefficient (Wildman–Crippen LogP) is 4.20. The smallest absolute Gasteiger partial charge is 0.322 e. The molecule has 0 aliphatic carbocycles. The van der Waals surface area contributed by atoms with Crippen molar-refractivity contribution in [2.24, 2.45) is 0 Å². The molecule has 2 aromatic carbocycles. The van der Waals surface area contributed by atoms with Gasteiger partial charge in [-0.25, -0.2) is 13.2 Å². The van der Waals surface area contributed by atoms with Crippen molar-refractivity contribution >= 4 is 32.5 Å². The van der Waals surface area contributed by atoms with Crippen molar-refractivity contribution in [1.29, 1.82) is 0 Å². The van der Waals surface area contributed by atoms with Gasteiger partial charge < -0.3 is 14.6 Å². The van der Waals surface area contributed by atoms with E-state index in [-0.39, 0.29) is 17.8 Å². The number of hydrogen-bond acceptors (Lipinski definition) is 4. The van der Waals surface area contributed by atoms with Crippen LogP contribution in [0.1, 0.15) is 24.3 Å². The van der Waals surface area contributed by atoms with Crippen LogP contribution in [-0.2, 0) is 15.6 Å². The van der Waals surface area contributed by atoms with E-state index in [0.717, 1.165) is 11.0 Å². The first kappa shape index (κ1) is 19.0. The molecule has 6 nitrogen and oxygen atoms in total. The van der Waals surface area contributed by atoms with E-state index in [1.165, 1.54) is 11.2 Å². The fourth-order valence-electron chi connectivity index (χ4n) is 2.83. The Bertz CT molecular complexity index is 1040. The van der Waals surface area contributed by atoms with Crippen LogP contribution in [0.2, 0.25) is 0 Å². The molecule has 0 radical (unpaired) electrons. The molecule has 0 spiro atoms. The third-order valence-corrected chi connectivity index (χ3v) is 5.27. The predicted molar refractivity (Wildman–Crippen MR) is 106 cm³/mol. The van der Waals surface area contributed by atoms with Gasteiger partial charge in [-0.05, 0) is 30.7 Å². The fraction of sp³-hybridized carbons (Fsp3) is 0.250. The maximum Gasteiger partial charge on any atom is 0.322 e. The molecule has 1 unspecified atom stereocenters. The zero-order valence-electron chi connectivity index (χ0n) is 15.5. The third kappa shape index (κ3) is 4.49. The number of hydrogen-bond donors (Lipinski definition) is 1. The van der Waals surface area contributed by atoms with E-state index in [1.54, 1.807) is 31.3 Å². The topological polar surface area (TPSA) is 79.6 Å². The summed E-state index contributed by atoms with van der Waals surface area (Å²) >= 11 is 0. The van der Waals surface area contributed by atoms with E-state index in [2.05, 4.69) is 5.32 Å². The number of rotatable bonds is 5. The molecule has 7 heteroatoms. The van der Waals surface area contributed by atoms with Crippen LogP contribution in [-0.4, -0.2) is 32.7 Å². The number of benzene rings is 2. The maximum atomic E-state index is 12.7. The van der Waals surface area contributed by atoms with Gasteiger partial charge in [-0.15, -0.1) is 0 Å². The average Bonchev–Trinajstić information content (AvgIpc) is 3.05.